The quantitative estimate of drug-likeness (QED) is 0.870. The molecule has 1 aromatic rings. The van der Waals surface area contributed by atoms with E-state index in [0.29, 0.717) is 11.7 Å². The molecule has 0 saturated carbocycles. The topological polar surface area (TPSA) is 21.3 Å². The number of hydrogen-bond donors (Lipinski definition) is 1. The number of fused-ring (bicyclic) bond motifs is 1. The molecule has 0 spiro atoms. The maximum absolute atomic E-state index is 14.1. The molecule has 17 heavy (non-hydrogen) atoms. The molecule has 1 aliphatic carbocycles. The van der Waals surface area contributed by atoms with Gasteiger partial charge in [0.1, 0.15) is 11.6 Å². The summed E-state index contributed by atoms with van der Waals surface area (Å²) >= 11 is 0. The Bertz CT molecular complexity index is 405. The number of nitrogens with one attached hydrogen (secondary N) is 1. The molecule has 0 amide bonds. The third-order valence-corrected chi connectivity index (χ3v) is 3.58. The average Bonchev–Trinajstić information content (AvgIpc) is 2.32. The number of methoxy groups -OCH3 is 1. The molecule has 2 unspecified atom stereocenters. The summed E-state index contributed by atoms with van der Waals surface area (Å²) in [7, 11) is 1.58. The second kappa shape index (κ2) is 5.05. The van der Waals surface area contributed by atoms with Crippen molar-refractivity contribution in [3.05, 3.63) is 29.1 Å². The smallest absolute Gasteiger partial charge is 0.130 e. The zero-order chi connectivity index (χ0) is 12.4. The summed E-state index contributed by atoms with van der Waals surface area (Å²) in [6.07, 6.45) is 2.10. The first-order chi connectivity index (χ1) is 8.17. The number of ether oxygens (including phenoxy) is 1. The first-order valence-electron chi connectivity index (χ1n) is 6.28. The largest absolute Gasteiger partial charge is 0.497 e. The molecule has 1 aromatic carbocycles. The van der Waals surface area contributed by atoms with Crippen molar-refractivity contribution < 1.29 is 9.13 Å². The average molecular weight is 237 g/mol. The van der Waals surface area contributed by atoms with E-state index in [4.69, 9.17) is 4.74 Å². The number of rotatable bonds is 3. The maximum Gasteiger partial charge on any atom is 0.130 e. The van der Waals surface area contributed by atoms with Gasteiger partial charge in [-0.3, -0.25) is 0 Å². The highest BCUT2D eigenvalue weighted by atomic mass is 19.1. The van der Waals surface area contributed by atoms with Gasteiger partial charge in [0, 0.05) is 12.1 Å². The predicted molar refractivity (Wildman–Crippen MR) is 67.0 cm³/mol. The van der Waals surface area contributed by atoms with Crippen molar-refractivity contribution in [2.24, 2.45) is 0 Å². The van der Waals surface area contributed by atoms with Crippen molar-refractivity contribution >= 4 is 0 Å². The van der Waals surface area contributed by atoms with Gasteiger partial charge in [0.05, 0.1) is 7.11 Å². The summed E-state index contributed by atoms with van der Waals surface area (Å²) in [4.78, 5) is 0. The Morgan fingerprint density at radius 2 is 2.18 bits per heavy atom. The summed E-state index contributed by atoms with van der Waals surface area (Å²) in [5.74, 6) is 0.776. The fraction of sp³-hybridized carbons (Fsp3) is 0.571. The molecule has 1 aliphatic rings. The summed E-state index contributed by atoms with van der Waals surface area (Å²) in [5, 5.41) is 3.42. The van der Waals surface area contributed by atoms with Crippen LogP contribution in [-0.2, 0) is 0 Å². The van der Waals surface area contributed by atoms with Crippen LogP contribution in [0.2, 0.25) is 0 Å². The summed E-state index contributed by atoms with van der Waals surface area (Å²) < 4.78 is 19.2. The molecule has 0 radical (unpaired) electrons. The fourth-order valence-corrected chi connectivity index (χ4v) is 2.71. The molecule has 0 fully saturated rings. The van der Waals surface area contributed by atoms with E-state index in [1.807, 2.05) is 6.07 Å². The normalized spacial score (nSPS) is 23.3. The molecule has 0 aliphatic heterocycles. The standard InChI is InChI=1S/C14H20FNO/c1-4-16-13-6-5-9(2)14-11(13)7-10(17-3)8-12(14)15/h7-9,13,16H,4-6H2,1-3H3. The van der Waals surface area contributed by atoms with E-state index in [1.54, 1.807) is 7.11 Å². The summed E-state index contributed by atoms with van der Waals surface area (Å²) in [6.45, 7) is 5.07. The molecule has 0 bridgehead atoms. The van der Waals surface area contributed by atoms with Crippen LogP contribution in [0, 0.1) is 5.82 Å². The van der Waals surface area contributed by atoms with Crippen molar-refractivity contribution in [2.75, 3.05) is 13.7 Å². The Morgan fingerprint density at radius 1 is 1.41 bits per heavy atom. The van der Waals surface area contributed by atoms with E-state index in [2.05, 4.69) is 19.2 Å². The van der Waals surface area contributed by atoms with Crippen LogP contribution in [0.15, 0.2) is 12.1 Å². The predicted octanol–water partition coefficient (Wildman–Crippen LogP) is 3.38. The fourth-order valence-electron chi connectivity index (χ4n) is 2.71. The second-order valence-corrected chi connectivity index (χ2v) is 4.70. The van der Waals surface area contributed by atoms with Gasteiger partial charge in [-0.1, -0.05) is 13.8 Å². The molecule has 0 heterocycles. The van der Waals surface area contributed by atoms with Crippen molar-refractivity contribution in [3.63, 3.8) is 0 Å². The Labute approximate surface area is 102 Å². The second-order valence-electron chi connectivity index (χ2n) is 4.70. The number of benzene rings is 1. The van der Waals surface area contributed by atoms with Crippen LogP contribution in [0.5, 0.6) is 5.75 Å². The summed E-state index contributed by atoms with van der Waals surface area (Å²) in [5.41, 5.74) is 1.94. The van der Waals surface area contributed by atoms with Crippen LogP contribution in [0.3, 0.4) is 0 Å². The Kier molecular flexibility index (Phi) is 3.67. The third kappa shape index (κ3) is 2.29. The van der Waals surface area contributed by atoms with Crippen molar-refractivity contribution in [1.82, 2.24) is 5.32 Å². The third-order valence-electron chi connectivity index (χ3n) is 3.58. The molecular weight excluding hydrogens is 217 g/mol. The molecular formula is C14H20FNO. The summed E-state index contributed by atoms with van der Waals surface area (Å²) in [6, 6.07) is 3.72. The maximum atomic E-state index is 14.1. The molecule has 2 atom stereocenters. The minimum Gasteiger partial charge on any atom is -0.497 e. The molecule has 1 N–H and O–H groups in total. The van der Waals surface area contributed by atoms with E-state index in [1.165, 1.54) is 6.07 Å². The Morgan fingerprint density at radius 3 is 2.82 bits per heavy atom. The first-order valence-corrected chi connectivity index (χ1v) is 6.28. The van der Waals surface area contributed by atoms with E-state index in [-0.39, 0.29) is 11.9 Å². The number of halogens is 1. The van der Waals surface area contributed by atoms with Gasteiger partial charge in [-0.2, -0.15) is 0 Å². The lowest BCUT2D eigenvalue weighted by Gasteiger charge is -2.31. The van der Waals surface area contributed by atoms with Crippen molar-refractivity contribution in [2.45, 2.75) is 38.6 Å². The van der Waals surface area contributed by atoms with E-state index < -0.39 is 0 Å². The lowest BCUT2D eigenvalue weighted by molar-refractivity contribution is 0.395. The zero-order valence-electron chi connectivity index (χ0n) is 10.7. The van der Waals surface area contributed by atoms with Gasteiger partial charge in [0.25, 0.3) is 0 Å². The first kappa shape index (κ1) is 12.4. The van der Waals surface area contributed by atoms with Gasteiger partial charge in [-0.05, 0) is 42.5 Å². The van der Waals surface area contributed by atoms with Crippen LogP contribution < -0.4 is 10.1 Å². The van der Waals surface area contributed by atoms with Gasteiger partial charge >= 0.3 is 0 Å². The van der Waals surface area contributed by atoms with Crippen LogP contribution >= 0.6 is 0 Å². The van der Waals surface area contributed by atoms with Crippen LogP contribution in [0.25, 0.3) is 0 Å². The lowest BCUT2D eigenvalue weighted by Crippen LogP contribution is -2.26. The minimum atomic E-state index is -0.130. The van der Waals surface area contributed by atoms with Crippen LogP contribution in [0.4, 0.5) is 4.39 Å². The molecule has 3 heteroatoms. The molecule has 94 valence electrons. The SMILES string of the molecule is CCNC1CCC(C)c2c(F)cc(OC)cc21. The Balaban J connectivity index is 2.47. The van der Waals surface area contributed by atoms with Gasteiger partial charge in [0.15, 0.2) is 0 Å². The van der Waals surface area contributed by atoms with Crippen molar-refractivity contribution in [3.8, 4) is 5.75 Å². The zero-order valence-corrected chi connectivity index (χ0v) is 10.7. The number of hydrogen-bond acceptors (Lipinski definition) is 2. The minimum absolute atomic E-state index is 0.130. The molecule has 2 nitrogen and oxygen atoms in total. The highest BCUT2D eigenvalue weighted by Gasteiger charge is 2.27. The molecule has 2 rings (SSSR count). The van der Waals surface area contributed by atoms with Gasteiger partial charge < -0.3 is 10.1 Å². The van der Waals surface area contributed by atoms with Gasteiger partial charge in [-0.15, -0.1) is 0 Å². The van der Waals surface area contributed by atoms with Crippen molar-refractivity contribution in [1.29, 1.82) is 0 Å². The van der Waals surface area contributed by atoms with E-state index in [0.717, 1.165) is 30.5 Å². The van der Waals surface area contributed by atoms with E-state index >= 15 is 0 Å². The molecule has 0 aromatic heterocycles. The Hall–Kier alpha value is -1.09. The highest BCUT2D eigenvalue weighted by molar-refractivity contribution is 5.42. The van der Waals surface area contributed by atoms with Crippen LogP contribution in [0.1, 0.15) is 49.8 Å². The van der Waals surface area contributed by atoms with Crippen LogP contribution in [-0.4, -0.2) is 13.7 Å². The monoisotopic (exact) mass is 237 g/mol. The lowest BCUT2D eigenvalue weighted by atomic mass is 9.80. The van der Waals surface area contributed by atoms with Gasteiger partial charge in [0.2, 0.25) is 0 Å². The van der Waals surface area contributed by atoms with E-state index in [9.17, 15) is 4.39 Å². The molecule has 0 saturated heterocycles. The highest BCUT2D eigenvalue weighted by Crippen LogP contribution is 2.40. The van der Waals surface area contributed by atoms with Gasteiger partial charge in [-0.25, -0.2) is 4.39 Å².